The molecule has 1 N–H and O–H groups in total. The molecule has 0 spiro atoms. The summed E-state index contributed by atoms with van der Waals surface area (Å²) >= 11 is 0. The van der Waals surface area contributed by atoms with Crippen molar-refractivity contribution in [1.82, 2.24) is 19.6 Å². The van der Waals surface area contributed by atoms with Gasteiger partial charge in [-0.3, -0.25) is 19.4 Å². The van der Waals surface area contributed by atoms with Gasteiger partial charge in [-0.05, 0) is 41.5 Å². The zero-order valence-corrected chi connectivity index (χ0v) is 19.9. The van der Waals surface area contributed by atoms with Crippen molar-refractivity contribution in [1.29, 1.82) is 0 Å². The van der Waals surface area contributed by atoms with Crippen LogP contribution in [0, 0.1) is 0 Å². The first kappa shape index (κ1) is 26.3. The van der Waals surface area contributed by atoms with Crippen LogP contribution in [0.15, 0.2) is 24.3 Å². The number of rotatable bonds is 10. The summed E-state index contributed by atoms with van der Waals surface area (Å²) in [7, 11) is 0. The number of aliphatic hydroxyl groups excluding tert-OH is 1. The fraction of sp³-hybridized carbons (Fsp3) is 0.739. The summed E-state index contributed by atoms with van der Waals surface area (Å²) in [5, 5.41) is 10.6. The molecule has 0 aromatic heterocycles. The second-order valence-corrected chi connectivity index (χ2v) is 8.61. The number of carbonyl (C=O) groups is 2. The minimum absolute atomic E-state index is 0.0453. The Morgan fingerprint density at radius 2 is 1.23 bits per heavy atom. The minimum atomic E-state index is -0.620. The standard InChI is InChI=1S/C23H42N4O3/c1-9-24(13-17(3)4)22(29)19(7)26-11-12-27(16-21(28)15-26)20(8)23(30)25(10-2)14-18(5)6/h19-21,28H,3,5,9-16H2,1-2,4,6-8H3. The minimum Gasteiger partial charge on any atom is -0.390 e. The molecule has 2 atom stereocenters. The predicted molar refractivity (Wildman–Crippen MR) is 122 cm³/mol. The molecule has 0 radical (unpaired) electrons. The van der Waals surface area contributed by atoms with Crippen molar-refractivity contribution in [2.45, 2.75) is 59.7 Å². The molecular weight excluding hydrogens is 380 g/mol. The normalized spacial score (nSPS) is 20.2. The average Bonchev–Trinajstić information content (AvgIpc) is 2.89. The highest BCUT2D eigenvalue weighted by atomic mass is 16.3. The molecule has 1 heterocycles. The summed E-state index contributed by atoms with van der Waals surface area (Å²) in [6, 6.07) is -0.666. The van der Waals surface area contributed by atoms with Gasteiger partial charge in [0.05, 0.1) is 18.2 Å². The maximum atomic E-state index is 13.0. The van der Waals surface area contributed by atoms with E-state index in [0.29, 0.717) is 52.4 Å². The molecule has 7 heteroatoms. The van der Waals surface area contributed by atoms with E-state index in [9.17, 15) is 14.7 Å². The third-order valence-corrected chi connectivity index (χ3v) is 5.68. The molecule has 0 aliphatic carbocycles. The first-order valence-corrected chi connectivity index (χ1v) is 11.0. The van der Waals surface area contributed by atoms with Gasteiger partial charge in [-0.25, -0.2) is 0 Å². The number of likely N-dealkylation sites (N-methyl/N-ethyl adjacent to an activating group) is 2. The number of hydrogen-bond donors (Lipinski definition) is 1. The molecule has 0 aromatic carbocycles. The second-order valence-electron chi connectivity index (χ2n) is 8.61. The van der Waals surface area contributed by atoms with Gasteiger partial charge in [0.2, 0.25) is 11.8 Å². The lowest BCUT2D eigenvalue weighted by molar-refractivity contribution is -0.137. The lowest BCUT2D eigenvalue weighted by Gasteiger charge is -2.33. The lowest BCUT2D eigenvalue weighted by Crippen LogP contribution is -2.50. The Labute approximate surface area is 183 Å². The largest absolute Gasteiger partial charge is 0.390 e. The maximum absolute atomic E-state index is 13.0. The van der Waals surface area contributed by atoms with Crippen LogP contribution in [0.2, 0.25) is 0 Å². The van der Waals surface area contributed by atoms with Crippen LogP contribution in [0.5, 0.6) is 0 Å². The van der Waals surface area contributed by atoms with E-state index in [1.165, 1.54) is 0 Å². The van der Waals surface area contributed by atoms with Crippen molar-refractivity contribution in [3.63, 3.8) is 0 Å². The predicted octanol–water partition coefficient (Wildman–Crippen LogP) is 1.59. The van der Waals surface area contributed by atoms with Crippen molar-refractivity contribution in [2.75, 3.05) is 52.4 Å². The maximum Gasteiger partial charge on any atom is 0.239 e. The molecule has 172 valence electrons. The molecule has 30 heavy (non-hydrogen) atoms. The van der Waals surface area contributed by atoms with Crippen molar-refractivity contribution < 1.29 is 14.7 Å². The van der Waals surface area contributed by atoms with Crippen molar-refractivity contribution >= 4 is 11.8 Å². The number of hydrogen-bond acceptors (Lipinski definition) is 5. The quantitative estimate of drug-likeness (QED) is 0.542. The van der Waals surface area contributed by atoms with Gasteiger partial charge in [-0.2, -0.15) is 0 Å². The summed E-state index contributed by atoms with van der Waals surface area (Å²) in [6.45, 7) is 23.8. The lowest BCUT2D eigenvalue weighted by atomic mass is 10.2. The van der Waals surface area contributed by atoms with Gasteiger partial charge in [-0.1, -0.05) is 24.3 Å². The Kier molecular flexibility index (Phi) is 10.7. The van der Waals surface area contributed by atoms with Gasteiger partial charge in [0, 0.05) is 52.4 Å². The fourth-order valence-electron chi connectivity index (χ4n) is 3.93. The van der Waals surface area contributed by atoms with Crippen molar-refractivity contribution in [2.24, 2.45) is 0 Å². The van der Waals surface area contributed by atoms with E-state index < -0.39 is 6.10 Å². The number of aliphatic hydroxyl groups is 1. The number of nitrogens with zero attached hydrogens (tertiary/aromatic N) is 4. The van der Waals surface area contributed by atoms with E-state index in [2.05, 4.69) is 13.2 Å². The van der Waals surface area contributed by atoms with Crippen LogP contribution in [0.4, 0.5) is 0 Å². The van der Waals surface area contributed by atoms with Crippen molar-refractivity contribution in [3.05, 3.63) is 24.3 Å². The molecule has 0 saturated carbocycles. The Balaban J connectivity index is 2.83. The Bertz CT molecular complexity index is 570. The third kappa shape index (κ3) is 7.52. The first-order valence-electron chi connectivity index (χ1n) is 11.0. The van der Waals surface area contributed by atoms with Crippen molar-refractivity contribution in [3.8, 4) is 0 Å². The van der Waals surface area contributed by atoms with Crippen LogP contribution in [0.1, 0.15) is 41.5 Å². The van der Waals surface area contributed by atoms with Crippen LogP contribution < -0.4 is 0 Å². The van der Waals surface area contributed by atoms with E-state index in [-0.39, 0.29) is 23.9 Å². The second kappa shape index (κ2) is 12.2. The molecule has 1 saturated heterocycles. The summed E-state index contributed by atoms with van der Waals surface area (Å²) in [6.07, 6.45) is -0.620. The van der Waals surface area contributed by atoms with Gasteiger partial charge < -0.3 is 14.9 Å². The SMILES string of the molecule is C=C(C)CN(CC)C(=O)C(C)N1CCN(C(C)C(=O)N(CC)CC(=C)C)CC(O)C1. The van der Waals surface area contributed by atoms with E-state index >= 15 is 0 Å². The van der Waals surface area contributed by atoms with Gasteiger partial charge in [0.15, 0.2) is 0 Å². The van der Waals surface area contributed by atoms with E-state index in [1.54, 1.807) is 9.80 Å². The Morgan fingerprint density at radius 3 is 1.50 bits per heavy atom. The number of β-amino-alcohol motifs (C(OH)–C–C–N with tert-alkyl or cyclic N) is 1. The van der Waals surface area contributed by atoms with Crippen LogP contribution in [-0.2, 0) is 9.59 Å². The highest BCUT2D eigenvalue weighted by Gasteiger charge is 2.33. The van der Waals surface area contributed by atoms with Crippen LogP contribution in [0.25, 0.3) is 0 Å². The summed E-state index contributed by atoms with van der Waals surface area (Å²) in [5.41, 5.74) is 1.89. The summed E-state index contributed by atoms with van der Waals surface area (Å²) in [4.78, 5) is 33.6. The first-order chi connectivity index (χ1) is 14.0. The third-order valence-electron chi connectivity index (χ3n) is 5.68. The van der Waals surface area contributed by atoms with E-state index in [0.717, 1.165) is 11.1 Å². The summed E-state index contributed by atoms with van der Waals surface area (Å²) in [5.74, 6) is 0.0905. The van der Waals surface area contributed by atoms with Crippen LogP contribution >= 0.6 is 0 Å². The summed E-state index contributed by atoms with van der Waals surface area (Å²) < 4.78 is 0. The number of carbonyl (C=O) groups excluding carboxylic acids is 2. The highest BCUT2D eigenvalue weighted by Crippen LogP contribution is 2.14. The van der Waals surface area contributed by atoms with Gasteiger partial charge in [0.25, 0.3) is 0 Å². The average molecular weight is 423 g/mol. The molecule has 2 amide bonds. The molecule has 0 bridgehead atoms. The topological polar surface area (TPSA) is 67.3 Å². The monoisotopic (exact) mass is 422 g/mol. The van der Waals surface area contributed by atoms with Crippen LogP contribution in [0.3, 0.4) is 0 Å². The molecule has 1 aliphatic rings. The molecule has 1 rings (SSSR count). The zero-order valence-electron chi connectivity index (χ0n) is 19.9. The molecular formula is C23H42N4O3. The Morgan fingerprint density at radius 1 is 0.900 bits per heavy atom. The fourth-order valence-corrected chi connectivity index (χ4v) is 3.93. The van der Waals surface area contributed by atoms with Gasteiger partial charge in [0.1, 0.15) is 0 Å². The van der Waals surface area contributed by atoms with E-state index in [1.807, 2.05) is 51.3 Å². The molecule has 2 unspecified atom stereocenters. The smallest absolute Gasteiger partial charge is 0.239 e. The number of amides is 2. The Hall–Kier alpha value is -1.70. The molecule has 7 nitrogen and oxygen atoms in total. The van der Waals surface area contributed by atoms with Crippen LogP contribution in [-0.4, -0.2) is 107 Å². The van der Waals surface area contributed by atoms with E-state index in [4.69, 9.17) is 0 Å². The zero-order chi connectivity index (χ0) is 23.0. The molecule has 1 aliphatic heterocycles. The van der Waals surface area contributed by atoms with Gasteiger partial charge in [-0.15, -0.1) is 0 Å². The highest BCUT2D eigenvalue weighted by molar-refractivity contribution is 5.82. The molecule has 1 fully saturated rings. The molecule has 0 aromatic rings. The van der Waals surface area contributed by atoms with Gasteiger partial charge >= 0.3 is 0 Å².